The third-order valence-corrected chi connectivity index (χ3v) is 7.06. The minimum Gasteiger partial charge on any atom is -0.497 e. The Labute approximate surface area is 199 Å². The van der Waals surface area contributed by atoms with E-state index in [4.69, 9.17) is 14.2 Å². The molecule has 2 aliphatic heterocycles. The Balaban J connectivity index is 1.60. The third-order valence-electron chi connectivity index (χ3n) is 7.06. The van der Waals surface area contributed by atoms with Gasteiger partial charge >= 0.3 is 0 Å². The average molecular weight is 453 g/mol. The molecule has 1 fully saturated rings. The Kier molecular flexibility index (Phi) is 8.29. The average Bonchev–Trinajstić information content (AvgIpc) is 3.32. The van der Waals surface area contributed by atoms with E-state index in [9.17, 15) is 0 Å². The summed E-state index contributed by atoms with van der Waals surface area (Å²) in [6, 6.07) is 18.2. The smallest absolute Gasteiger partial charge is 0.118 e. The highest BCUT2D eigenvalue weighted by Crippen LogP contribution is 2.39. The molecule has 2 aliphatic rings. The number of benzene rings is 2. The molecule has 2 aromatic rings. The molecular formula is C28H40N2O3. The summed E-state index contributed by atoms with van der Waals surface area (Å²) in [6.45, 7) is 8.98. The lowest BCUT2D eigenvalue weighted by atomic mass is 9.90. The van der Waals surface area contributed by atoms with E-state index in [-0.39, 0.29) is 0 Å². The molecule has 0 spiro atoms. The number of para-hydroxylation sites is 1. The molecule has 5 heteroatoms. The molecule has 1 saturated heterocycles. The Hall–Kier alpha value is -2.08. The van der Waals surface area contributed by atoms with Gasteiger partial charge in [0.05, 0.1) is 31.9 Å². The zero-order chi connectivity index (χ0) is 23.2. The second kappa shape index (κ2) is 11.4. The molecule has 2 aromatic carbocycles. The molecular weight excluding hydrogens is 412 g/mol. The van der Waals surface area contributed by atoms with Crippen LogP contribution in [0.15, 0.2) is 48.5 Å². The monoisotopic (exact) mass is 452 g/mol. The van der Waals surface area contributed by atoms with Gasteiger partial charge in [-0.15, -0.1) is 0 Å². The molecule has 180 valence electrons. The van der Waals surface area contributed by atoms with Gasteiger partial charge in [-0.3, -0.25) is 4.90 Å². The van der Waals surface area contributed by atoms with Crippen LogP contribution in [0.4, 0.5) is 5.69 Å². The molecule has 0 N–H and O–H groups in total. The molecule has 0 aromatic heterocycles. The number of ether oxygens (including phenoxy) is 3. The molecule has 3 atom stereocenters. The van der Waals surface area contributed by atoms with Crippen molar-refractivity contribution in [2.75, 3.05) is 52.0 Å². The van der Waals surface area contributed by atoms with E-state index in [0.29, 0.717) is 24.1 Å². The van der Waals surface area contributed by atoms with Gasteiger partial charge in [0.2, 0.25) is 0 Å². The quantitative estimate of drug-likeness (QED) is 0.509. The number of rotatable bonds is 10. The molecule has 2 heterocycles. The van der Waals surface area contributed by atoms with Crippen LogP contribution in [0.5, 0.6) is 5.75 Å². The first-order chi connectivity index (χ1) is 16.1. The first-order valence-electron chi connectivity index (χ1n) is 12.4. The van der Waals surface area contributed by atoms with E-state index >= 15 is 0 Å². The highest BCUT2D eigenvalue weighted by molar-refractivity contribution is 5.58. The first-order valence-corrected chi connectivity index (χ1v) is 12.4. The molecule has 0 radical (unpaired) electrons. The van der Waals surface area contributed by atoms with E-state index in [1.807, 2.05) is 7.11 Å². The number of anilines is 1. The first kappa shape index (κ1) is 24.1. The van der Waals surface area contributed by atoms with Crippen molar-refractivity contribution >= 4 is 5.69 Å². The van der Waals surface area contributed by atoms with Crippen molar-refractivity contribution in [2.45, 2.75) is 51.3 Å². The second-order valence-corrected chi connectivity index (χ2v) is 9.84. The summed E-state index contributed by atoms with van der Waals surface area (Å²) in [5, 5.41) is 0. The van der Waals surface area contributed by atoms with E-state index in [0.717, 1.165) is 57.9 Å². The summed E-state index contributed by atoms with van der Waals surface area (Å²) < 4.78 is 17.3. The van der Waals surface area contributed by atoms with Crippen LogP contribution in [-0.4, -0.2) is 64.1 Å². The topological polar surface area (TPSA) is 34.2 Å². The Morgan fingerprint density at radius 3 is 2.45 bits per heavy atom. The highest BCUT2D eigenvalue weighted by Gasteiger charge is 2.34. The van der Waals surface area contributed by atoms with Gasteiger partial charge in [0.1, 0.15) is 5.75 Å². The summed E-state index contributed by atoms with van der Waals surface area (Å²) in [4.78, 5) is 5.21. The molecule has 4 rings (SSSR count). The van der Waals surface area contributed by atoms with E-state index < -0.39 is 0 Å². The molecule has 33 heavy (non-hydrogen) atoms. The van der Waals surface area contributed by atoms with Crippen LogP contribution in [-0.2, 0) is 15.9 Å². The second-order valence-electron chi connectivity index (χ2n) is 9.84. The number of nitrogens with zero attached hydrogens (tertiary/aromatic N) is 2. The number of hydrogen-bond donors (Lipinski definition) is 0. The van der Waals surface area contributed by atoms with Crippen LogP contribution < -0.4 is 9.64 Å². The maximum absolute atomic E-state index is 6.21. The zero-order valence-corrected chi connectivity index (χ0v) is 20.7. The van der Waals surface area contributed by atoms with Crippen molar-refractivity contribution < 1.29 is 14.2 Å². The van der Waals surface area contributed by atoms with Crippen molar-refractivity contribution in [3.05, 3.63) is 59.7 Å². The number of fused-ring (bicyclic) bond motifs is 1. The van der Waals surface area contributed by atoms with Crippen molar-refractivity contribution in [3.63, 3.8) is 0 Å². The van der Waals surface area contributed by atoms with Gasteiger partial charge in [0, 0.05) is 39.0 Å². The largest absolute Gasteiger partial charge is 0.497 e. The molecule has 0 bridgehead atoms. The normalized spacial score (nSPS) is 21.9. The van der Waals surface area contributed by atoms with Crippen LogP contribution in [0.1, 0.15) is 43.9 Å². The van der Waals surface area contributed by atoms with Gasteiger partial charge < -0.3 is 19.1 Å². The van der Waals surface area contributed by atoms with Crippen LogP contribution >= 0.6 is 0 Å². The van der Waals surface area contributed by atoms with Crippen molar-refractivity contribution in [2.24, 2.45) is 5.92 Å². The molecule has 0 aliphatic carbocycles. The van der Waals surface area contributed by atoms with Gasteiger partial charge in [-0.1, -0.05) is 44.2 Å². The standard InChI is InChI=1S/C28H40N2O3/c1-21(2)19-33-20-24(29-16-15-26(18-29)32-4)17-30-27-8-6-5-7-22(27)11-14-28(30)23-9-12-25(31-3)13-10-23/h5-10,12-13,21,24,26,28H,11,14-20H2,1-4H3. The molecule has 0 saturated carbocycles. The van der Waals surface area contributed by atoms with E-state index in [1.165, 1.54) is 16.8 Å². The third kappa shape index (κ3) is 5.89. The lowest BCUT2D eigenvalue weighted by molar-refractivity contribution is 0.0460. The van der Waals surface area contributed by atoms with Gasteiger partial charge in [-0.25, -0.2) is 0 Å². The molecule has 3 unspecified atom stereocenters. The van der Waals surface area contributed by atoms with Crippen LogP contribution in [0.25, 0.3) is 0 Å². The summed E-state index contributed by atoms with van der Waals surface area (Å²) in [6.07, 6.45) is 3.63. The Morgan fingerprint density at radius 1 is 0.970 bits per heavy atom. The van der Waals surface area contributed by atoms with Crippen LogP contribution in [0.2, 0.25) is 0 Å². The van der Waals surface area contributed by atoms with Crippen LogP contribution in [0.3, 0.4) is 0 Å². The summed E-state index contributed by atoms with van der Waals surface area (Å²) in [7, 11) is 3.56. The Bertz CT molecular complexity index is 870. The lowest BCUT2D eigenvalue weighted by Gasteiger charge is -2.43. The zero-order valence-electron chi connectivity index (χ0n) is 20.7. The van der Waals surface area contributed by atoms with Crippen molar-refractivity contribution in [1.29, 1.82) is 0 Å². The minimum absolute atomic E-state index is 0.323. The fourth-order valence-corrected chi connectivity index (χ4v) is 5.24. The number of aryl methyl sites for hydroxylation is 1. The maximum atomic E-state index is 6.21. The predicted molar refractivity (Wildman–Crippen MR) is 134 cm³/mol. The Morgan fingerprint density at radius 2 is 1.76 bits per heavy atom. The maximum Gasteiger partial charge on any atom is 0.118 e. The fourth-order valence-electron chi connectivity index (χ4n) is 5.24. The number of methoxy groups -OCH3 is 2. The van der Waals surface area contributed by atoms with E-state index in [2.05, 4.69) is 72.2 Å². The van der Waals surface area contributed by atoms with Crippen LogP contribution in [0, 0.1) is 5.92 Å². The summed E-state index contributed by atoms with van der Waals surface area (Å²) in [5.41, 5.74) is 4.16. The number of hydrogen-bond acceptors (Lipinski definition) is 5. The minimum atomic E-state index is 0.323. The SMILES string of the molecule is COc1ccc(C2CCc3ccccc3N2CC(COCC(C)C)N2CCC(OC)C2)cc1. The van der Waals surface area contributed by atoms with Gasteiger partial charge in [-0.05, 0) is 54.5 Å². The lowest BCUT2D eigenvalue weighted by Crippen LogP contribution is -2.48. The summed E-state index contributed by atoms with van der Waals surface area (Å²) >= 11 is 0. The van der Waals surface area contributed by atoms with Gasteiger partial charge in [-0.2, -0.15) is 0 Å². The fraction of sp³-hybridized carbons (Fsp3) is 0.571. The van der Waals surface area contributed by atoms with E-state index in [1.54, 1.807) is 7.11 Å². The highest BCUT2D eigenvalue weighted by atomic mass is 16.5. The van der Waals surface area contributed by atoms with Crippen molar-refractivity contribution in [3.8, 4) is 5.75 Å². The number of likely N-dealkylation sites (tertiary alicyclic amines) is 1. The van der Waals surface area contributed by atoms with Crippen molar-refractivity contribution in [1.82, 2.24) is 4.90 Å². The van der Waals surface area contributed by atoms with Gasteiger partial charge in [0.25, 0.3) is 0 Å². The van der Waals surface area contributed by atoms with Gasteiger partial charge in [0.15, 0.2) is 0 Å². The molecule has 5 nitrogen and oxygen atoms in total. The summed E-state index contributed by atoms with van der Waals surface area (Å²) in [5.74, 6) is 1.45. The molecule has 0 amide bonds. The predicted octanol–water partition coefficient (Wildman–Crippen LogP) is 4.95.